The van der Waals surface area contributed by atoms with Gasteiger partial charge in [0.15, 0.2) is 98.2 Å². The van der Waals surface area contributed by atoms with Crippen molar-refractivity contribution in [2.75, 3.05) is 57.8 Å². The van der Waals surface area contributed by atoms with Crippen LogP contribution in [-0.4, -0.2) is 326 Å². The lowest BCUT2D eigenvalue weighted by Crippen LogP contribution is -2.66. The Morgan fingerprint density at radius 3 is 0.815 bits per heavy atom. The molecule has 50 heteroatoms. The fourth-order valence-corrected chi connectivity index (χ4v) is 15.3. The summed E-state index contributed by atoms with van der Waals surface area (Å²) >= 11 is 1.72. The van der Waals surface area contributed by atoms with E-state index in [1.165, 1.54) is 0 Å². The van der Waals surface area contributed by atoms with Gasteiger partial charge in [0, 0.05) is 136 Å². The highest BCUT2D eigenvalue weighted by Gasteiger charge is 2.61. The molecule has 0 unspecified atom stereocenters. The Hall–Kier alpha value is -10.1. The molecule has 0 saturated carbocycles. The Morgan fingerprint density at radius 2 is 0.516 bits per heavy atom. The molecule has 5 saturated heterocycles. The highest BCUT2D eigenvalue weighted by molar-refractivity contribution is 8.00. The van der Waals surface area contributed by atoms with Crippen LogP contribution in [0.25, 0.3) is 0 Å². The molecule has 48 nitrogen and oxygen atoms in total. The fraction of sp³-hybridized carbons (Fsp3) is 0.730. The third kappa shape index (κ3) is 31.9. The van der Waals surface area contributed by atoms with Crippen molar-refractivity contribution in [2.24, 2.45) is 0 Å². The summed E-state index contributed by atoms with van der Waals surface area (Å²) in [4.78, 5) is 230. The number of carbonyl (C=O) groups is 18. The first kappa shape index (κ1) is 103. The lowest BCUT2D eigenvalue weighted by molar-refractivity contribution is -0.341. The van der Waals surface area contributed by atoms with Gasteiger partial charge >= 0.3 is 107 Å². The Bertz CT molecular complexity index is 3950. The smallest absolute Gasteiger partial charge is 0.303 e. The van der Waals surface area contributed by atoms with Gasteiger partial charge in [-0.2, -0.15) is 0 Å². The number of hydrogen-bond acceptors (Lipinski definition) is 49. The van der Waals surface area contributed by atoms with Crippen LogP contribution >= 0.6 is 23.5 Å². The summed E-state index contributed by atoms with van der Waals surface area (Å²) in [6, 6.07) is 0. The van der Waals surface area contributed by atoms with Gasteiger partial charge in [-0.25, -0.2) is 4.68 Å². The molecule has 0 amide bonds. The van der Waals surface area contributed by atoms with Crippen molar-refractivity contribution in [3.05, 3.63) is 11.4 Å². The number of carbonyl (C=O) groups excluding carboxylic acids is 18. The molecule has 5 aliphatic heterocycles. The van der Waals surface area contributed by atoms with Gasteiger partial charge in [0.25, 0.3) is 0 Å². The van der Waals surface area contributed by atoms with Gasteiger partial charge in [-0.1, -0.05) is 5.21 Å². The van der Waals surface area contributed by atoms with Crippen molar-refractivity contribution < 1.29 is 214 Å². The standard InChI is InChI=1S/C74H101N3O45S2/c1-30(78)98-25-50-55(103-35(6)83)60(106-38(9)86)65(111-43(14)91)70(116-50)77-49(24-97-20-22-124-74-69(115-47(18)95)64(110-42(13)90)59(54(120-74)29-102-34(5)82)122-72-67(113-45(16)93)62(108-40(11)88)57(105-37(8)85)52(118-72)27-100-32(3)80)48(75-76-77)23-96-19-21-123-73-68(114-46(17)94)63(109-41(12)89)58(53(119-73)28-101-33(4)81)121-71-66(112-44(15)92)61(107-39(10)87)56(104-36(7)84)51(117-71)26-99-31(2)79/h50-74H,19-29H2,1-18H3/t50-,51-,52-,53-,54-,55-,56+,57+,58-,59-,60+,61+,62+,63+,64+,65-,66-,67-,68-,69-,70-,71+,72+,73+,74+/m1/s1. The number of esters is 18. The quantitative estimate of drug-likeness (QED) is 0.0444. The van der Waals surface area contributed by atoms with Gasteiger partial charge in [-0.05, 0) is 0 Å². The van der Waals surface area contributed by atoms with Gasteiger partial charge in [0.05, 0.1) is 32.1 Å². The fourth-order valence-electron chi connectivity index (χ4n) is 13.2. The van der Waals surface area contributed by atoms with Crippen molar-refractivity contribution in [3.8, 4) is 0 Å². The average Bonchev–Trinajstić information content (AvgIpc) is 1.01. The zero-order chi connectivity index (χ0) is 92.3. The van der Waals surface area contributed by atoms with Crippen LogP contribution in [0, 0.1) is 0 Å². The van der Waals surface area contributed by atoms with Crippen LogP contribution in [0.3, 0.4) is 0 Å². The largest absolute Gasteiger partial charge is 0.463 e. The summed E-state index contributed by atoms with van der Waals surface area (Å²) in [6.07, 6.45) is -40.0. The zero-order valence-corrected chi connectivity index (χ0v) is 72.4. The van der Waals surface area contributed by atoms with Gasteiger partial charge in [0.2, 0.25) is 0 Å². The second-order valence-electron chi connectivity index (χ2n) is 27.7. The van der Waals surface area contributed by atoms with Crippen molar-refractivity contribution in [2.45, 2.75) is 290 Å². The van der Waals surface area contributed by atoms with Crippen LogP contribution in [0.2, 0.25) is 0 Å². The molecule has 1 aromatic rings. The van der Waals surface area contributed by atoms with Crippen molar-refractivity contribution in [3.63, 3.8) is 0 Å². The summed E-state index contributed by atoms with van der Waals surface area (Å²) < 4.78 is 159. The summed E-state index contributed by atoms with van der Waals surface area (Å²) in [5.41, 5.74) is -3.04. The van der Waals surface area contributed by atoms with E-state index in [9.17, 15) is 86.3 Å². The normalized spacial score (nSPS) is 29.5. The summed E-state index contributed by atoms with van der Waals surface area (Å²) in [5.74, 6) is -17.6. The molecule has 1 aromatic heterocycles. The Kier molecular flexibility index (Phi) is 40.6. The van der Waals surface area contributed by atoms with Crippen LogP contribution in [0.1, 0.15) is 142 Å². The second-order valence-corrected chi connectivity index (χ2v) is 30.1. The van der Waals surface area contributed by atoms with Crippen LogP contribution in [-0.2, 0) is 227 Å². The molecule has 6 rings (SSSR count). The predicted molar refractivity (Wildman–Crippen MR) is 398 cm³/mol. The molecule has 5 fully saturated rings. The predicted octanol–water partition coefficient (Wildman–Crippen LogP) is -0.727. The molecule has 0 radical (unpaired) electrons. The monoisotopic (exact) mass is 1820 g/mol. The maximum Gasteiger partial charge on any atom is 0.303 e. The van der Waals surface area contributed by atoms with Gasteiger partial charge < -0.3 is 128 Å². The van der Waals surface area contributed by atoms with E-state index in [1.807, 2.05) is 0 Å². The van der Waals surface area contributed by atoms with Gasteiger partial charge in [-0.15, -0.1) is 28.6 Å². The first-order chi connectivity index (χ1) is 58.3. The number of nitrogens with zero attached hydrogens (tertiary/aromatic N) is 3. The number of ether oxygens (including phenoxy) is 27. The maximum absolute atomic E-state index is 13.3. The second kappa shape index (κ2) is 49.0. The van der Waals surface area contributed by atoms with E-state index in [2.05, 4.69) is 10.3 Å². The minimum absolute atomic E-state index is 0.0744. The van der Waals surface area contributed by atoms with E-state index in [0.717, 1.165) is 153 Å². The molecule has 5 aliphatic rings. The lowest BCUT2D eigenvalue weighted by atomic mass is 9.96. The van der Waals surface area contributed by atoms with E-state index >= 15 is 0 Å². The summed E-state index contributed by atoms with van der Waals surface area (Å²) in [6.45, 7) is 12.6. The molecular weight excluding hydrogens is 1710 g/mol. The Labute approximate surface area is 716 Å². The molecule has 124 heavy (non-hydrogen) atoms. The topological polar surface area (TPSA) is 587 Å². The van der Waals surface area contributed by atoms with E-state index in [-0.39, 0.29) is 36.1 Å². The van der Waals surface area contributed by atoms with E-state index in [0.29, 0.717) is 0 Å². The zero-order valence-electron chi connectivity index (χ0n) is 70.7. The number of rotatable bonds is 40. The first-order valence-electron chi connectivity index (χ1n) is 38.1. The lowest BCUT2D eigenvalue weighted by Gasteiger charge is -2.48. The first-order valence-corrected chi connectivity index (χ1v) is 40.2. The average molecular weight is 1820 g/mol. The van der Waals surface area contributed by atoms with Crippen LogP contribution in [0.4, 0.5) is 0 Å². The van der Waals surface area contributed by atoms with Crippen LogP contribution in [0.5, 0.6) is 0 Å². The number of thioether (sulfide) groups is 2. The van der Waals surface area contributed by atoms with Crippen molar-refractivity contribution >= 4 is 131 Å². The molecule has 25 atom stereocenters. The van der Waals surface area contributed by atoms with Crippen molar-refractivity contribution in [1.82, 2.24) is 15.0 Å². The summed E-state index contributed by atoms with van der Waals surface area (Å²) in [5, 5.41) is 8.70. The van der Waals surface area contributed by atoms with Gasteiger partial charge in [0.1, 0.15) is 92.3 Å². The van der Waals surface area contributed by atoms with Gasteiger partial charge in [-0.3, -0.25) is 86.3 Å². The van der Waals surface area contributed by atoms with E-state index in [1.54, 1.807) is 0 Å². The highest BCUT2D eigenvalue weighted by Crippen LogP contribution is 2.42. The highest BCUT2D eigenvalue weighted by atomic mass is 32.2. The molecule has 0 N–H and O–H groups in total. The minimum atomic E-state index is -1.99. The molecule has 6 heterocycles. The minimum Gasteiger partial charge on any atom is -0.463 e. The molecule has 0 aromatic carbocycles. The van der Waals surface area contributed by atoms with Crippen LogP contribution < -0.4 is 0 Å². The third-order valence-electron chi connectivity index (χ3n) is 17.3. The van der Waals surface area contributed by atoms with Crippen LogP contribution in [0.15, 0.2) is 0 Å². The van der Waals surface area contributed by atoms with E-state index < -0.39 is 305 Å². The molecule has 0 aliphatic carbocycles. The molecule has 0 bridgehead atoms. The van der Waals surface area contributed by atoms with Crippen molar-refractivity contribution in [1.29, 1.82) is 0 Å². The third-order valence-corrected chi connectivity index (χ3v) is 19.6. The SMILES string of the molecule is CC(=O)OC[C@H]1O[C@@H](O[C@H]2[C@H](OC(C)=O)[C@@H](OC(C)=O)[C@H](SCCOCc3nnn([C@@H]4O[C@H](COC(C)=O)[C@@H](OC(C)=O)[C@H](OC(C)=O)[C@H]4OC(C)=O)c3COCCS[C@@H]3O[C@H](COC(C)=O)[C@@H](O[C@@H]4O[C@H](COC(C)=O)[C@H](OC(C)=O)[C@H](OC(C)=O)[C@H]4OC(C)=O)[C@H](OC(C)=O)[C@H]3OC(C)=O)O[C@@H]2COC(C)=O)[C@H](OC(C)=O)[C@@H](OC(C)=O)[C@H]1OC(C)=O. The number of hydrogen-bond donors (Lipinski definition) is 0. The Balaban J connectivity index is 1.38. The molecule has 694 valence electrons. The Morgan fingerprint density at radius 1 is 0.274 bits per heavy atom. The molecular formula is C74H101N3O45S2. The van der Waals surface area contributed by atoms with E-state index in [4.69, 9.17) is 128 Å². The summed E-state index contributed by atoms with van der Waals surface area (Å²) in [7, 11) is 0. The maximum atomic E-state index is 13.3. The number of aromatic nitrogens is 3. The molecule has 0 spiro atoms.